The minimum atomic E-state index is -3.09. The molecule has 0 fully saturated rings. The van der Waals surface area contributed by atoms with Crippen molar-refractivity contribution >= 4 is 9.84 Å². The monoisotopic (exact) mass is 253 g/mol. The number of sulfone groups is 1. The quantitative estimate of drug-likeness (QED) is 0.876. The van der Waals surface area contributed by atoms with Gasteiger partial charge < -0.3 is 5.73 Å². The van der Waals surface area contributed by atoms with Crippen molar-refractivity contribution in [2.24, 2.45) is 11.7 Å². The zero-order valence-corrected chi connectivity index (χ0v) is 11.1. The van der Waals surface area contributed by atoms with Crippen LogP contribution in [0.1, 0.15) is 31.7 Å². The van der Waals surface area contributed by atoms with Gasteiger partial charge in [0, 0.05) is 12.0 Å². The highest BCUT2D eigenvalue weighted by Crippen LogP contribution is 2.36. The lowest BCUT2D eigenvalue weighted by molar-refractivity contribution is 0.399. The van der Waals surface area contributed by atoms with E-state index >= 15 is 0 Å². The predicted molar refractivity (Wildman–Crippen MR) is 68.7 cm³/mol. The first-order valence-corrected chi connectivity index (χ1v) is 7.66. The summed E-state index contributed by atoms with van der Waals surface area (Å²) in [5.41, 5.74) is 7.10. The number of hydrogen-bond donors (Lipinski definition) is 1. The number of benzene rings is 1. The van der Waals surface area contributed by atoms with Gasteiger partial charge in [-0.25, -0.2) is 8.42 Å². The Morgan fingerprint density at radius 1 is 1.29 bits per heavy atom. The Hall–Kier alpha value is -0.870. The van der Waals surface area contributed by atoms with E-state index in [-0.39, 0.29) is 17.7 Å². The van der Waals surface area contributed by atoms with Crippen LogP contribution in [0.4, 0.5) is 0 Å². The van der Waals surface area contributed by atoms with Crippen LogP contribution in [0, 0.1) is 5.92 Å². The summed E-state index contributed by atoms with van der Waals surface area (Å²) in [6.45, 7) is 4.16. The van der Waals surface area contributed by atoms with Crippen molar-refractivity contribution in [3.05, 3.63) is 29.8 Å². The number of rotatable bonds is 2. The third kappa shape index (κ3) is 2.24. The number of nitrogens with two attached hydrogens (primary N) is 1. The topological polar surface area (TPSA) is 60.2 Å². The second-order valence-electron chi connectivity index (χ2n) is 5.07. The SMILES string of the molecule is CC(C)C(N)C1CCS(=O)(=O)c2ccccc21. The third-order valence-electron chi connectivity index (χ3n) is 3.59. The molecule has 2 unspecified atom stereocenters. The smallest absolute Gasteiger partial charge is 0.178 e. The van der Waals surface area contributed by atoms with E-state index < -0.39 is 9.84 Å². The highest BCUT2D eigenvalue weighted by molar-refractivity contribution is 7.91. The highest BCUT2D eigenvalue weighted by atomic mass is 32.2. The van der Waals surface area contributed by atoms with Gasteiger partial charge >= 0.3 is 0 Å². The Morgan fingerprint density at radius 3 is 2.59 bits per heavy atom. The molecular weight excluding hydrogens is 234 g/mol. The minimum Gasteiger partial charge on any atom is -0.327 e. The van der Waals surface area contributed by atoms with E-state index in [1.54, 1.807) is 12.1 Å². The van der Waals surface area contributed by atoms with Crippen LogP contribution in [0.3, 0.4) is 0 Å². The summed E-state index contributed by atoms with van der Waals surface area (Å²) in [5.74, 6) is 0.735. The van der Waals surface area contributed by atoms with E-state index in [1.165, 1.54) is 0 Å². The van der Waals surface area contributed by atoms with E-state index in [1.807, 2.05) is 12.1 Å². The van der Waals surface area contributed by atoms with Crippen LogP contribution in [0.15, 0.2) is 29.2 Å². The van der Waals surface area contributed by atoms with Gasteiger partial charge in [0.2, 0.25) is 0 Å². The van der Waals surface area contributed by atoms with Crippen LogP contribution in [-0.2, 0) is 9.84 Å². The van der Waals surface area contributed by atoms with Crippen molar-refractivity contribution in [1.82, 2.24) is 0 Å². The lowest BCUT2D eigenvalue weighted by atomic mass is 9.83. The van der Waals surface area contributed by atoms with E-state index in [4.69, 9.17) is 5.73 Å². The summed E-state index contributed by atoms with van der Waals surface area (Å²) in [6, 6.07) is 7.29. The maximum absolute atomic E-state index is 12.0. The zero-order chi connectivity index (χ0) is 12.6. The Morgan fingerprint density at radius 2 is 1.94 bits per heavy atom. The van der Waals surface area contributed by atoms with Crippen LogP contribution in [0.2, 0.25) is 0 Å². The van der Waals surface area contributed by atoms with Crippen molar-refractivity contribution in [3.63, 3.8) is 0 Å². The van der Waals surface area contributed by atoms with Crippen LogP contribution in [0.25, 0.3) is 0 Å². The fourth-order valence-electron chi connectivity index (χ4n) is 2.48. The molecule has 0 aliphatic carbocycles. The van der Waals surface area contributed by atoms with Gasteiger partial charge in [0.15, 0.2) is 9.84 Å². The fraction of sp³-hybridized carbons (Fsp3) is 0.538. The van der Waals surface area contributed by atoms with Gasteiger partial charge in [-0.15, -0.1) is 0 Å². The average molecular weight is 253 g/mol. The molecule has 0 bridgehead atoms. The van der Waals surface area contributed by atoms with Crippen molar-refractivity contribution < 1.29 is 8.42 Å². The molecule has 0 saturated heterocycles. The molecule has 1 aliphatic heterocycles. The molecule has 17 heavy (non-hydrogen) atoms. The molecule has 4 heteroatoms. The van der Waals surface area contributed by atoms with Crippen molar-refractivity contribution in [3.8, 4) is 0 Å². The minimum absolute atomic E-state index is 0.0200. The first-order chi connectivity index (χ1) is 7.93. The zero-order valence-electron chi connectivity index (χ0n) is 10.3. The normalized spacial score (nSPS) is 24.4. The predicted octanol–water partition coefficient (Wildman–Crippen LogP) is 1.93. The molecular formula is C13H19NO2S. The Labute approximate surface area is 103 Å². The van der Waals surface area contributed by atoms with Crippen molar-refractivity contribution in [1.29, 1.82) is 0 Å². The molecule has 1 aliphatic rings. The molecule has 0 spiro atoms. The Kier molecular flexibility index (Phi) is 3.27. The van der Waals surface area contributed by atoms with Crippen molar-refractivity contribution in [2.75, 3.05) is 5.75 Å². The number of hydrogen-bond acceptors (Lipinski definition) is 3. The summed E-state index contributed by atoms with van der Waals surface area (Å²) in [5, 5.41) is 0. The summed E-state index contributed by atoms with van der Waals surface area (Å²) < 4.78 is 23.9. The fourth-order valence-corrected chi connectivity index (χ4v) is 4.13. The van der Waals surface area contributed by atoms with E-state index in [9.17, 15) is 8.42 Å². The highest BCUT2D eigenvalue weighted by Gasteiger charge is 2.33. The van der Waals surface area contributed by atoms with Crippen molar-refractivity contribution in [2.45, 2.75) is 37.1 Å². The second-order valence-corrected chi connectivity index (χ2v) is 7.15. The van der Waals surface area contributed by atoms with Gasteiger partial charge in [0.25, 0.3) is 0 Å². The maximum Gasteiger partial charge on any atom is 0.178 e. The van der Waals surface area contributed by atoms with Crippen LogP contribution in [0.5, 0.6) is 0 Å². The average Bonchev–Trinajstić information content (AvgIpc) is 2.28. The Bertz CT molecular complexity index is 508. The van der Waals surface area contributed by atoms with E-state index in [0.717, 1.165) is 5.56 Å². The summed E-state index contributed by atoms with van der Waals surface area (Å²) >= 11 is 0. The molecule has 0 aromatic heterocycles. The molecule has 2 atom stereocenters. The first-order valence-electron chi connectivity index (χ1n) is 6.01. The number of fused-ring (bicyclic) bond motifs is 1. The summed E-state index contributed by atoms with van der Waals surface area (Å²) in [6.07, 6.45) is 0.638. The second kappa shape index (κ2) is 4.42. The van der Waals surface area contributed by atoms with Gasteiger partial charge in [-0.3, -0.25) is 0 Å². The van der Waals surface area contributed by atoms with E-state index in [2.05, 4.69) is 13.8 Å². The lowest BCUT2D eigenvalue weighted by Gasteiger charge is -2.32. The van der Waals surface area contributed by atoms with E-state index in [0.29, 0.717) is 17.2 Å². The molecule has 1 aromatic carbocycles. The first kappa shape index (κ1) is 12.6. The molecule has 3 nitrogen and oxygen atoms in total. The Balaban J connectivity index is 2.49. The molecule has 2 N–H and O–H groups in total. The van der Waals surface area contributed by atoms with Crippen LogP contribution < -0.4 is 5.73 Å². The molecule has 1 heterocycles. The molecule has 0 radical (unpaired) electrons. The molecule has 2 rings (SSSR count). The molecule has 0 amide bonds. The van der Waals surface area contributed by atoms with Crippen LogP contribution in [-0.4, -0.2) is 20.2 Å². The van der Waals surface area contributed by atoms with Gasteiger partial charge in [0.1, 0.15) is 0 Å². The lowest BCUT2D eigenvalue weighted by Crippen LogP contribution is -2.37. The molecule has 0 saturated carbocycles. The molecule has 1 aromatic rings. The van der Waals surface area contributed by atoms with Gasteiger partial charge in [-0.1, -0.05) is 32.0 Å². The van der Waals surface area contributed by atoms with Gasteiger partial charge in [-0.05, 0) is 24.0 Å². The standard InChI is InChI=1S/C13H19NO2S/c1-9(2)13(14)11-7-8-17(15,16)12-6-4-3-5-10(11)12/h3-6,9,11,13H,7-8,14H2,1-2H3. The summed E-state index contributed by atoms with van der Waals surface area (Å²) in [4.78, 5) is 0.479. The van der Waals surface area contributed by atoms with Gasteiger partial charge in [0.05, 0.1) is 10.6 Å². The largest absolute Gasteiger partial charge is 0.327 e. The van der Waals surface area contributed by atoms with Gasteiger partial charge in [-0.2, -0.15) is 0 Å². The molecule has 94 valence electrons. The third-order valence-corrected chi connectivity index (χ3v) is 5.40. The van der Waals surface area contributed by atoms with Crippen LogP contribution >= 0.6 is 0 Å². The summed E-state index contributed by atoms with van der Waals surface area (Å²) in [7, 11) is -3.09. The maximum atomic E-state index is 12.0.